The molecule has 0 N–H and O–H groups in total. The largest absolute Gasteiger partial charge is 0.309 e. The van der Waals surface area contributed by atoms with E-state index in [1.54, 1.807) is 0 Å². The molecule has 0 aliphatic rings. The van der Waals surface area contributed by atoms with Gasteiger partial charge in [-0.05, 0) is 103 Å². The SMILES string of the molecule is c1ccc(-n2c3ccccc3c3c4sc5ccc(-n6c7ccc(-n8c9ccccc9c9ccccc98)cc7c7cc(-n8c9ccccc9c9ccccc98)ccc76)cc5c4ccc32)cc1. The number of hydrogen-bond acceptors (Lipinski definition) is 1. The number of fused-ring (bicyclic) bond motifs is 16. The predicted molar refractivity (Wildman–Crippen MR) is 277 cm³/mol. The summed E-state index contributed by atoms with van der Waals surface area (Å²) in [6.07, 6.45) is 0. The van der Waals surface area contributed by atoms with Gasteiger partial charge >= 0.3 is 0 Å². The van der Waals surface area contributed by atoms with Crippen LogP contribution in [-0.2, 0) is 0 Å². The summed E-state index contributed by atoms with van der Waals surface area (Å²) in [5.74, 6) is 0. The third-order valence-corrected chi connectivity index (χ3v) is 15.1. The summed E-state index contributed by atoms with van der Waals surface area (Å²) in [7, 11) is 0. The number of rotatable bonds is 4. The van der Waals surface area contributed by atoms with Crippen LogP contribution in [0.1, 0.15) is 0 Å². The summed E-state index contributed by atoms with van der Waals surface area (Å²) in [6.45, 7) is 0. The zero-order valence-corrected chi connectivity index (χ0v) is 35.8. The molecule has 15 aromatic rings. The molecule has 0 spiro atoms. The third-order valence-electron chi connectivity index (χ3n) is 13.9. The molecule has 0 atom stereocenters. The highest BCUT2D eigenvalue weighted by atomic mass is 32.1. The first-order chi connectivity index (χ1) is 32.3. The van der Waals surface area contributed by atoms with Gasteiger partial charge in [0.25, 0.3) is 0 Å². The van der Waals surface area contributed by atoms with Crippen molar-refractivity contribution in [2.75, 3.05) is 0 Å². The minimum atomic E-state index is 1.15. The maximum Gasteiger partial charge on any atom is 0.0555 e. The Morgan fingerprint density at radius 1 is 0.231 bits per heavy atom. The van der Waals surface area contributed by atoms with Gasteiger partial charge in [0, 0.05) is 86.0 Å². The first kappa shape index (κ1) is 35.1. The molecule has 5 aromatic heterocycles. The number of thiophene rings is 1. The maximum absolute atomic E-state index is 2.48. The van der Waals surface area contributed by atoms with Crippen molar-refractivity contribution in [3.63, 3.8) is 0 Å². The summed E-state index contributed by atoms with van der Waals surface area (Å²) >= 11 is 1.90. The van der Waals surface area contributed by atoms with E-state index in [1.165, 1.54) is 113 Å². The van der Waals surface area contributed by atoms with Gasteiger partial charge in [-0.15, -0.1) is 11.3 Å². The minimum absolute atomic E-state index is 1.15. The van der Waals surface area contributed by atoms with Crippen LogP contribution in [0, 0.1) is 0 Å². The molecule has 65 heavy (non-hydrogen) atoms. The Hall–Kier alpha value is -8.38. The van der Waals surface area contributed by atoms with Crippen molar-refractivity contribution in [2.24, 2.45) is 0 Å². The van der Waals surface area contributed by atoms with E-state index in [1.807, 2.05) is 11.3 Å². The second-order valence-corrected chi connectivity index (χ2v) is 18.3. The van der Waals surface area contributed by atoms with Crippen molar-refractivity contribution in [2.45, 2.75) is 0 Å². The van der Waals surface area contributed by atoms with Crippen LogP contribution >= 0.6 is 11.3 Å². The van der Waals surface area contributed by atoms with Crippen molar-refractivity contribution >= 4 is 119 Å². The number of aromatic nitrogens is 4. The molecule has 0 unspecified atom stereocenters. The molecular weight excluding hydrogens is 809 g/mol. The van der Waals surface area contributed by atoms with Crippen LogP contribution in [-0.4, -0.2) is 18.3 Å². The molecule has 5 heteroatoms. The van der Waals surface area contributed by atoms with Crippen LogP contribution in [0.2, 0.25) is 0 Å². The molecule has 0 saturated heterocycles. The molecule has 5 heterocycles. The predicted octanol–water partition coefficient (Wildman–Crippen LogP) is 16.4. The Balaban J connectivity index is 0.999. The van der Waals surface area contributed by atoms with Crippen LogP contribution < -0.4 is 0 Å². The Morgan fingerprint density at radius 2 is 0.600 bits per heavy atom. The van der Waals surface area contributed by atoms with E-state index in [9.17, 15) is 0 Å². The Morgan fingerprint density at radius 3 is 1.11 bits per heavy atom. The van der Waals surface area contributed by atoms with Gasteiger partial charge in [-0.2, -0.15) is 0 Å². The highest BCUT2D eigenvalue weighted by molar-refractivity contribution is 7.26. The van der Waals surface area contributed by atoms with Gasteiger partial charge in [0.1, 0.15) is 0 Å². The van der Waals surface area contributed by atoms with Gasteiger partial charge in [0.15, 0.2) is 0 Å². The van der Waals surface area contributed by atoms with Gasteiger partial charge in [0.05, 0.1) is 44.1 Å². The van der Waals surface area contributed by atoms with E-state index in [2.05, 4.69) is 237 Å². The quantitative estimate of drug-likeness (QED) is 0.168. The van der Waals surface area contributed by atoms with Crippen molar-refractivity contribution in [1.29, 1.82) is 0 Å². The monoisotopic (exact) mass is 844 g/mol. The fraction of sp³-hybridized carbons (Fsp3) is 0. The highest BCUT2D eigenvalue weighted by Gasteiger charge is 2.21. The van der Waals surface area contributed by atoms with E-state index in [-0.39, 0.29) is 0 Å². The molecule has 0 radical (unpaired) electrons. The van der Waals surface area contributed by atoms with Crippen LogP contribution in [0.4, 0.5) is 0 Å². The molecule has 0 aliphatic heterocycles. The zero-order valence-electron chi connectivity index (χ0n) is 35.0. The standard InChI is InChI=1S/C60H36N4S/c1-2-14-37(15-3-1)61-54-25-13-8-20-46(54)59-57(61)32-29-45-49-36-40(28-33-58(49)65-60(45)59)64-55-30-26-38(62-50-21-9-4-16-41(50)42-17-5-10-22-51(42)62)34-47(55)48-35-39(27-31-56(48)64)63-52-23-11-6-18-43(52)44-19-7-12-24-53(44)63/h1-36H. The minimum Gasteiger partial charge on any atom is -0.309 e. The van der Waals surface area contributed by atoms with E-state index in [0.717, 1.165) is 17.1 Å². The second kappa shape index (κ2) is 13.1. The first-order valence-corrected chi connectivity index (χ1v) is 23.1. The van der Waals surface area contributed by atoms with Crippen molar-refractivity contribution in [3.05, 3.63) is 218 Å². The van der Waals surface area contributed by atoms with Crippen molar-refractivity contribution < 1.29 is 0 Å². The number of nitrogens with zero attached hydrogens (tertiary/aromatic N) is 4. The summed E-state index contributed by atoms with van der Waals surface area (Å²) in [6, 6.07) is 80.6. The molecule has 0 bridgehead atoms. The molecule has 4 nitrogen and oxygen atoms in total. The fourth-order valence-electron chi connectivity index (χ4n) is 11.2. The van der Waals surface area contributed by atoms with Crippen LogP contribution in [0.25, 0.3) is 130 Å². The normalized spacial score (nSPS) is 12.3. The lowest BCUT2D eigenvalue weighted by Gasteiger charge is -2.11. The van der Waals surface area contributed by atoms with Gasteiger partial charge < -0.3 is 18.3 Å². The first-order valence-electron chi connectivity index (χ1n) is 22.3. The molecule has 0 saturated carbocycles. The Labute approximate surface area is 376 Å². The summed E-state index contributed by atoms with van der Waals surface area (Å²) in [4.78, 5) is 0. The Bertz CT molecular complexity index is 4200. The lowest BCUT2D eigenvalue weighted by atomic mass is 10.1. The molecular formula is C60H36N4S. The van der Waals surface area contributed by atoms with Gasteiger partial charge in [-0.3, -0.25) is 0 Å². The Kier molecular flexibility index (Phi) is 7.07. The molecule has 302 valence electrons. The lowest BCUT2D eigenvalue weighted by molar-refractivity contribution is 1.16. The molecule has 15 rings (SSSR count). The van der Waals surface area contributed by atoms with E-state index >= 15 is 0 Å². The third kappa shape index (κ3) is 4.79. The zero-order chi connectivity index (χ0) is 42.3. The molecule has 0 amide bonds. The number of para-hydroxylation sites is 6. The fourth-order valence-corrected chi connectivity index (χ4v) is 12.5. The van der Waals surface area contributed by atoms with Crippen molar-refractivity contribution in [3.8, 4) is 22.7 Å². The number of hydrogen-bond donors (Lipinski definition) is 0. The summed E-state index contributed by atoms with van der Waals surface area (Å²) < 4.78 is 12.4. The average Bonchev–Trinajstić information content (AvgIpc) is 4.16. The van der Waals surface area contributed by atoms with Gasteiger partial charge in [-0.1, -0.05) is 115 Å². The van der Waals surface area contributed by atoms with Gasteiger partial charge in [0.2, 0.25) is 0 Å². The number of benzene rings is 10. The molecule has 0 aliphatic carbocycles. The van der Waals surface area contributed by atoms with E-state index in [4.69, 9.17) is 0 Å². The maximum atomic E-state index is 2.48. The molecule has 10 aromatic carbocycles. The highest BCUT2D eigenvalue weighted by Crippen LogP contribution is 2.45. The summed E-state index contributed by atoms with van der Waals surface area (Å²) in [5, 5.41) is 12.6. The van der Waals surface area contributed by atoms with Crippen LogP contribution in [0.3, 0.4) is 0 Å². The molecule has 0 fully saturated rings. The van der Waals surface area contributed by atoms with Crippen LogP contribution in [0.15, 0.2) is 218 Å². The van der Waals surface area contributed by atoms with E-state index in [0.29, 0.717) is 0 Å². The van der Waals surface area contributed by atoms with Gasteiger partial charge in [-0.25, -0.2) is 0 Å². The van der Waals surface area contributed by atoms with Crippen molar-refractivity contribution in [1.82, 2.24) is 18.3 Å². The summed E-state index contributed by atoms with van der Waals surface area (Å²) in [5.41, 5.74) is 14.3. The van der Waals surface area contributed by atoms with E-state index < -0.39 is 0 Å². The second-order valence-electron chi connectivity index (χ2n) is 17.3. The lowest BCUT2D eigenvalue weighted by Crippen LogP contribution is -1.96. The van der Waals surface area contributed by atoms with Crippen LogP contribution in [0.5, 0.6) is 0 Å². The average molecular weight is 845 g/mol. The topological polar surface area (TPSA) is 19.7 Å². The smallest absolute Gasteiger partial charge is 0.0555 e.